The number of carbonyl (C=O) groups excluding carboxylic acids is 1. The van der Waals surface area contributed by atoms with Crippen LogP contribution in [0.3, 0.4) is 0 Å². The first kappa shape index (κ1) is 15.6. The van der Waals surface area contributed by atoms with Gasteiger partial charge in [0.25, 0.3) is 11.5 Å². The Labute approximate surface area is 139 Å². The van der Waals surface area contributed by atoms with Crippen molar-refractivity contribution in [2.75, 3.05) is 5.32 Å². The Hall–Kier alpha value is -2.25. The van der Waals surface area contributed by atoms with Crippen LogP contribution in [0.15, 0.2) is 35.3 Å². The van der Waals surface area contributed by atoms with Crippen molar-refractivity contribution in [3.63, 3.8) is 0 Å². The predicted octanol–water partition coefficient (Wildman–Crippen LogP) is 3.52. The molecule has 0 aliphatic rings. The Balaban J connectivity index is 1.90. The molecule has 5 nitrogen and oxygen atoms in total. The third-order valence-corrected chi connectivity index (χ3v) is 4.51. The summed E-state index contributed by atoms with van der Waals surface area (Å²) in [6.45, 7) is 2.33. The van der Waals surface area contributed by atoms with Gasteiger partial charge in [-0.3, -0.25) is 9.59 Å². The molecule has 2 heterocycles. The van der Waals surface area contributed by atoms with E-state index in [0.717, 1.165) is 11.3 Å². The second-order valence-electron chi connectivity index (χ2n) is 4.75. The number of hydrogen-bond acceptors (Lipinski definition) is 4. The fourth-order valence-corrected chi connectivity index (χ4v) is 3.17. The quantitative estimate of drug-likeness (QED) is 0.785. The molecule has 118 valence electrons. The molecule has 3 aromatic rings. The van der Waals surface area contributed by atoms with Gasteiger partial charge >= 0.3 is 0 Å². The van der Waals surface area contributed by atoms with Crippen LogP contribution < -0.4 is 10.9 Å². The molecule has 0 radical (unpaired) electrons. The van der Waals surface area contributed by atoms with Crippen LogP contribution in [0.5, 0.6) is 0 Å². The first-order valence-corrected chi connectivity index (χ1v) is 7.95. The highest BCUT2D eigenvalue weighted by Crippen LogP contribution is 2.27. The minimum absolute atomic E-state index is 0.0110. The van der Waals surface area contributed by atoms with Gasteiger partial charge in [0.05, 0.1) is 20.9 Å². The summed E-state index contributed by atoms with van der Waals surface area (Å²) < 4.78 is 15.5. The van der Waals surface area contributed by atoms with E-state index in [1.54, 1.807) is 6.20 Å². The number of benzene rings is 1. The molecule has 0 aliphatic heterocycles. The summed E-state index contributed by atoms with van der Waals surface area (Å²) in [6, 6.07) is 5.54. The van der Waals surface area contributed by atoms with Gasteiger partial charge in [0, 0.05) is 24.9 Å². The number of nitrogens with zero attached hydrogens (tertiary/aromatic N) is 2. The summed E-state index contributed by atoms with van der Waals surface area (Å²) in [5.74, 6) is -1.00. The highest BCUT2D eigenvalue weighted by Gasteiger charge is 2.14. The summed E-state index contributed by atoms with van der Waals surface area (Å²) in [5.41, 5.74) is 0.719. The lowest BCUT2D eigenvalue weighted by Gasteiger charge is -2.06. The molecular formula is C15H11ClFN3O2S. The number of hydrogen-bond donors (Lipinski definition) is 1. The number of amides is 1. The van der Waals surface area contributed by atoms with Crippen LogP contribution >= 0.6 is 22.9 Å². The average Bonchev–Trinajstić information content (AvgIpc) is 2.92. The number of nitrogens with one attached hydrogen (secondary N) is 1. The van der Waals surface area contributed by atoms with Gasteiger partial charge in [-0.15, -0.1) is 11.3 Å². The van der Waals surface area contributed by atoms with E-state index >= 15 is 0 Å². The van der Waals surface area contributed by atoms with Crippen molar-refractivity contribution in [2.45, 2.75) is 13.5 Å². The largest absolute Gasteiger partial charge is 0.319 e. The molecule has 0 bridgehead atoms. The maximum atomic E-state index is 13.4. The lowest BCUT2D eigenvalue weighted by Crippen LogP contribution is -2.19. The van der Waals surface area contributed by atoms with Crippen molar-refractivity contribution in [2.24, 2.45) is 0 Å². The van der Waals surface area contributed by atoms with Gasteiger partial charge in [0.15, 0.2) is 5.01 Å². The number of aryl methyl sites for hydroxylation is 1. The zero-order valence-electron chi connectivity index (χ0n) is 12.0. The Morgan fingerprint density at radius 2 is 2.22 bits per heavy atom. The van der Waals surface area contributed by atoms with Crippen LogP contribution in [0.25, 0.3) is 10.2 Å². The molecule has 3 rings (SSSR count). The maximum absolute atomic E-state index is 13.4. The fraction of sp³-hybridized carbons (Fsp3) is 0.133. The Morgan fingerprint density at radius 3 is 2.96 bits per heavy atom. The van der Waals surface area contributed by atoms with E-state index in [1.807, 2.05) is 6.92 Å². The van der Waals surface area contributed by atoms with E-state index < -0.39 is 11.7 Å². The zero-order chi connectivity index (χ0) is 16.6. The molecule has 0 unspecified atom stereocenters. The predicted molar refractivity (Wildman–Crippen MR) is 88.9 cm³/mol. The molecular weight excluding hydrogens is 341 g/mol. The highest BCUT2D eigenvalue weighted by molar-refractivity contribution is 7.20. The molecule has 0 fully saturated rings. The number of pyridine rings is 1. The fourth-order valence-electron chi connectivity index (χ4n) is 2.06. The first-order valence-electron chi connectivity index (χ1n) is 6.75. The lowest BCUT2D eigenvalue weighted by atomic mass is 10.3. The number of rotatable bonds is 3. The third kappa shape index (κ3) is 3.11. The van der Waals surface area contributed by atoms with Crippen molar-refractivity contribution >= 4 is 44.7 Å². The molecule has 0 saturated heterocycles. The molecule has 0 saturated carbocycles. The third-order valence-electron chi connectivity index (χ3n) is 3.21. The smallest absolute Gasteiger partial charge is 0.284 e. The van der Waals surface area contributed by atoms with Gasteiger partial charge in [-0.2, -0.15) is 0 Å². The van der Waals surface area contributed by atoms with Gasteiger partial charge in [-0.05, 0) is 19.1 Å². The van der Waals surface area contributed by atoms with Crippen LogP contribution in [0, 0.1) is 5.82 Å². The van der Waals surface area contributed by atoms with Crippen molar-refractivity contribution in [3.05, 3.63) is 56.7 Å². The van der Waals surface area contributed by atoms with E-state index in [1.165, 1.54) is 28.8 Å². The summed E-state index contributed by atoms with van der Waals surface area (Å²) in [6.07, 6.45) is 1.56. The van der Waals surface area contributed by atoms with Gasteiger partial charge in [0.2, 0.25) is 0 Å². The second kappa shape index (κ2) is 6.10. The monoisotopic (exact) mass is 351 g/mol. The summed E-state index contributed by atoms with van der Waals surface area (Å²) >= 11 is 6.84. The molecule has 0 aliphatic carbocycles. The first-order chi connectivity index (χ1) is 11.0. The molecule has 1 N–H and O–H groups in total. The topological polar surface area (TPSA) is 64.0 Å². The molecule has 0 spiro atoms. The number of thiazole rings is 1. The highest BCUT2D eigenvalue weighted by atomic mass is 35.5. The number of aromatic nitrogens is 2. The summed E-state index contributed by atoms with van der Waals surface area (Å²) in [7, 11) is 0. The van der Waals surface area contributed by atoms with Crippen LogP contribution in [-0.2, 0) is 6.54 Å². The van der Waals surface area contributed by atoms with E-state index in [2.05, 4.69) is 10.3 Å². The number of fused-ring (bicyclic) bond motifs is 1. The van der Waals surface area contributed by atoms with Crippen molar-refractivity contribution in [1.82, 2.24) is 9.55 Å². The van der Waals surface area contributed by atoms with Crippen molar-refractivity contribution < 1.29 is 9.18 Å². The maximum Gasteiger partial charge on any atom is 0.284 e. The van der Waals surface area contributed by atoms with Crippen LogP contribution in [0.1, 0.15) is 16.7 Å². The van der Waals surface area contributed by atoms with E-state index in [-0.39, 0.29) is 15.6 Å². The second-order valence-corrected chi connectivity index (χ2v) is 6.19. The lowest BCUT2D eigenvalue weighted by molar-refractivity contribution is 0.102. The Kier molecular flexibility index (Phi) is 4.14. The summed E-state index contributed by atoms with van der Waals surface area (Å²) in [4.78, 5) is 27.9. The van der Waals surface area contributed by atoms with Crippen molar-refractivity contribution in [3.8, 4) is 0 Å². The molecule has 23 heavy (non-hydrogen) atoms. The van der Waals surface area contributed by atoms with E-state index in [9.17, 15) is 14.0 Å². The van der Waals surface area contributed by atoms with Crippen molar-refractivity contribution in [1.29, 1.82) is 0 Å². The van der Waals surface area contributed by atoms with Crippen LogP contribution in [-0.4, -0.2) is 15.5 Å². The molecule has 1 amide bonds. The van der Waals surface area contributed by atoms with Crippen LogP contribution in [0.2, 0.25) is 5.02 Å². The average molecular weight is 352 g/mol. The molecule has 0 atom stereocenters. The Bertz CT molecular complexity index is 928. The SMILES string of the molecule is CCn1cc(NC(=O)c2nc3cc(F)c(Cl)cc3s2)ccc1=O. The molecule has 2 aromatic heterocycles. The van der Waals surface area contributed by atoms with E-state index in [4.69, 9.17) is 11.6 Å². The zero-order valence-corrected chi connectivity index (χ0v) is 13.5. The molecule has 1 aromatic carbocycles. The van der Waals surface area contributed by atoms with Gasteiger partial charge in [-0.25, -0.2) is 9.37 Å². The summed E-state index contributed by atoms with van der Waals surface area (Å²) in [5, 5.41) is 2.85. The Morgan fingerprint density at radius 1 is 1.43 bits per heavy atom. The minimum atomic E-state index is -0.577. The number of carbonyl (C=O) groups is 1. The van der Waals surface area contributed by atoms with Crippen LogP contribution in [0.4, 0.5) is 10.1 Å². The molecule has 8 heteroatoms. The normalized spacial score (nSPS) is 10.9. The standard InChI is InChI=1S/C15H11ClFN3O2S/c1-2-20-7-8(3-4-13(20)21)18-14(22)15-19-11-6-10(17)9(16)5-12(11)23-15/h3-7H,2H2,1H3,(H,18,22). The number of halogens is 2. The number of anilines is 1. The van der Waals surface area contributed by atoms with Gasteiger partial charge in [0.1, 0.15) is 5.82 Å². The van der Waals surface area contributed by atoms with E-state index in [0.29, 0.717) is 22.4 Å². The minimum Gasteiger partial charge on any atom is -0.319 e. The van der Waals surface area contributed by atoms with Gasteiger partial charge < -0.3 is 9.88 Å². The van der Waals surface area contributed by atoms with Gasteiger partial charge in [-0.1, -0.05) is 11.6 Å².